The molecule has 1 N–H and O–H groups in total. The molecule has 0 aromatic carbocycles. The lowest BCUT2D eigenvalue weighted by molar-refractivity contribution is -0.124. The van der Waals surface area contributed by atoms with Gasteiger partial charge in [0.1, 0.15) is 10.9 Å². The molecule has 0 bridgehead atoms. The lowest BCUT2D eigenvalue weighted by Gasteiger charge is -2.25. The molecule has 2 aliphatic rings. The number of amides is 1. The van der Waals surface area contributed by atoms with E-state index in [-0.39, 0.29) is 16.1 Å². The zero-order valence-electron chi connectivity index (χ0n) is 15.0. The molecule has 0 spiro atoms. The van der Waals surface area contributed by atoms with Crippen LogP contribution in [0.2, 0.25) is 0 Å². The van der Waals surface area contributed by atoms with Crippen molar-refractivity contribution in [1.29, 1.82) is 0 Å². The van der Waals surface area contributed by atoms with Crippen LogP contribution in [0.25, 0.3) is 0 Å². The van der Waals surface area contributed by atoms with E-state index >= 15 is 0 Å². The van der Waals surface area contributed by atoms with Gasteiger partial charge in [-0.25, -0.2) is 8.42 Å². The predicted molar refractivity (Wildman–Crippen MR) is 96.0 cm³/mol. The normalized spacial score (nSPS) is 21.3. The van der Waals surface area contributed by atoms with Gasteiger partial charge in [-0.3, -0.25) is 9.48 Å². The maximum absolute atomic E-state index is 12.7. The summed E-state index contributed by atoms with van der Waals surface area (Å²) in [5.41, 5.74) is 0. The third-order valence-electron chi connectivity index (χ3n) is 5.80. The Labute approximate surface area is 150 Å². The van der Waals surface area contributed by atoms with Crippen LogP contribution in [0.15, 0.2) is 17.3 Å². The number of nitrogens with zero attached hydrogens (tertiary/aromatic N) is 2. The molecule has 2 saturated carbocycles. The lowest BCUT2D eigenvalue weighted by atomic mass is 9.84. The second-order valence-corrected chi connectivity index (χ2v) is 9.71. The minimum atomic E-state index is -3.33. The Morgan fingerprint density at radius 1 is 1.20 bits per heavy atom. The molecule has 6 nitrogen and oxygen atoms in total. The molecule has 3 rings (SSSR count). The van der Waals surface area contributed by atoms with Crippen molar-refractivity contribution in [3.05, 3.63) is 12.4 Å². The summed E-state index contributed by atoms with van der Waals surface area (Å²) in [5.74, 6) is 0.411. The molecule has 1 aromatic heterocycles. The number of aromatic nitrogens is 2. The predicted octanol–water partition coefficient (Wildman–Crippen LogP) is 2.86. The fraction of sp³-hybridized carbons (Fsp3) is 0.778. The van der Waals surface area contributed by atoms with E-state index in [2.05, 4.69) is 10.4 Å². The summed E-state index contributed by atoms with van der Waals surface area (Å²) in [6.45, 7) is 0. The number of hydrogen-bond acceptors (Lipinski definition) is 4. The first-order valence-corrected chi connectivity index (χ1v) is 11.1. The monoisotopic (exact) mass is 367 g/mol. The molecule has 1 unspecified atom stereocenters. The summed E-state index contributed by atoms with van der Waals surface area (Å²) >= 11 is 0. The minimum absolute atomic E-state index is 0.0986. The van der Waals surface area contributed by atoms with Gasteiger partial charge in [0.15, 0.2) is 9.84 Å². The third kappa shape index (κ3) is 4.07. The molecule has 1 heterocycles. The van der Waals surface area contributed by atoms with Crippen LogP contribution in [-0.4, -0.2) is 36.4 Å². The number of hydrogen-bond donors (Lipinski definition) is 1. The van der Waals surface area contributed by atoms with E-state index in [1.54, 1.807) is 17.9 Å². The van der Waals surface area contributed by atoms with E-state index in [1.165, 1.54) is 25.5 Å². The van der Waals surface area contributed by atoms with E-state index in [0.717, 1.165) is 44.9 Å². The van der Waals surface area contributed by atoms with E-state index in [0.29, 0.717) is 5.92 Å². The summed E-state index contributed by atoms with van der Waals surface area (Å²) in [5, 5.41) is 6.68. The molecule has 140 valence electrons. The van der Waals surface area contributed by atoms with Crippen molar-refractivity contribution >= 4 is 15.7 Å². The molecule has 25 heavy (non-hydrogen) atoms. The highest BCUT2D eigenvalue weighted by Crippen LogP contribution is 2.32. The van der Waals surface area contributed by atoms with Gasteiger partial charge in [0.05, 0.1) is 11.4 Å². The van der Waals surface area contributed by atoms with Crippen molar-refractivity contribution < 1.29 is 13.2 Å². The quantitative estimate of drug-likeness (QED) is 0.838. The SMILES string of the molecule is CNC(=O)C(CC1CCCCC1)n1cc(S(=O)(=O)C2CCCC2)cn1. The Balaban J connectivity index is 1.79. The zero-order chi connectivity index (χ0) is 17.9. The maximum Gasteiger partial charge on any atom is 0.244 e. The molecule has 0 aliphatic heterocycles. The van der Waals surface area contributed by atoms with Gasteiger partial charge in [0, 0.05) is 13.2 Å². The van der Waals surface area contributed by atoms with Crippen LogP contribution in [0.1, 0.15) is 70.3 Å². The van der Waals surface area contributed by atoms with Crippen LogP contribution in [0, 0.1) is 5.92 Å². The highest BCUT2D eigenvalue weighted by atomic mass is 32.2. The maximum atomic E-state index is 12.7. The summed E-state index contributed by atoms with van der Waals surface area (Å²) in [6, 6.07) is -0.430. The van der Waals surface area contributed by atoms with Crippen LogP contribution in [-0.2, 0) is 14.6 Å². The summed E-state index contributed by atoms with van der Waals surface area (Å²) < 4.78 is 27.1. The smallest absolute Gasteiger partial charge is 0.244 e. The van der Waals surface area contributed by atoms with Gasteiger partial charge in [0.25, 0.3) is 0 Å². The van der Waals surface area contributed by atoms with E-state index in [9.17, 15) is 13.2 Å². The summed E-state index contributed by atoms with van der Waals surface area (Å²) in [7, 11) is -1.71. The first kappa shape index (κ1) is 18.4. The van der Waals surface area contributed by atoms with Crippen LogP contribution in [0.4, 0.5) is 0 Å². The molecule has 7 heteroatoms. The van der Waals surface area contributed by atoms with Gasteiger partial charge in [-0.05, 0) is 25.2 Å². The van der Waals surface area contributed by atoms with Crippen LogP contribution < -0.4 is 5.32 Å². The number of carbonyl (C=O) groups excluding carboxylic acids is 1. The molecule has 1 atom stereocenters. The Bertz CT molecular complexity index is 686. The van der Waals surface area contributed by atoms with Gasteiger partial charge >= 0.3 is 0 Å². The molecule has 0 saturated heterocycles. The molecule has 2 aliphatic carbocycles. The van der Waals surface area contributed by atoms with Crippen LogP contribution >= 0.6 is 0 Å². The van der Waals surface area contributed by atoms with Crippen molar-refractivity contribution in [3.63, 3.8) is 0 Å². The Morgan fingerprint density at radius 3 is 2.48 bits per heavy atom. The van der Waals surface area contributed by atoms with Crippen molar-refractivity contribution in [2.45, 2.75) is 80.4 Å². The highest BCUT2D eigenvalue weighted by molar-refractivity contribution is 7.92. The van der Waals surface area contributed by atoms with Crippen molar-refractivity contribution in [2.24, 2.45) is 5.92 Å². The molecule has 2 fully saturated rings. The van der Waals surface area contributed by atoms with Gasteiger partial charge in [-0.1, -0.05) is 44.9 Å². The standard InChI is InChI=1S/C18H29N3O3S/c1-19-18(22)17(11-14-7-3-2-4-8-14)21-13-16(12-20-21)25(23,24)15-9-5-6-10-15/h12-15,17H,2-11H2,1H3,(H,19,22). The first-order valence-electron chi connectivity index (χ1n) is 9.52. The number of sulfone groups is 1. The molecule has 0 radical (unpaired) electrons. The molecule has 1 aromatic rings. The Hall–Kier alpha value is -1.37. The summed E-state index contributed by atoms with van der Waals surface area (Å²) in [4.78, 5) is 12.6. The minimum Gasteiger partial charge on any atom is -0.357 e. The highest BCUT2D eigenvalue weighted by Gasteiger charge is 2.33. The second-order valence-electron chi connectivity index (χ2n) is 7.48. The average molecular weight is 368 g/mol. The summed E-state index contributed by atoms with van der Waals surface area (Å²) in [6.07, 6.45) is 13.1. The number of rotatable bonds is 6. The Kier molecular flexibility index (Phi) is 5.81. The van der Waals surface area contributed by atoms with Crippen molar-refractivity contribution in [1.82, 2.24) is 15.1 Å². The van der Waals surface area contributed by atoms with E-state index in [1.807, 2.05) is 0 Å². The first-order chi connectivity index (χ1) is 12.0. The molecule has 1 amide bonds. The molecular weight excluding hydrogens is 338 g/mol. The van der Waals surface area contributed by atoms with Crippen LogP contribution in [0.3, 0.4) is 0 Å². The molecular formula is C18H29N3O3S. The topological polar surface area (TPSA) is 81.1 Å². The largest absolute Gasteiger partial charge is 0.357 e. The number of nitrogens with one attached hydrogen (secondary N) is 1. The number of likely N-dealkylation sites (N-methyl/N-ethyl adjacent to an activating group) is 1. The fourth-order valence-electron chi connectivity index (χ4n) is 4.27. The Morgan fingerprint density at radius 2 is 1.84 bits per heavy atom. The number of carbonyl (C=O) groups is 1. The average Bonchev–Trinajstić information content (AvgIpc) is 3.32. The van der Waals surface area contributed by atoms with E-state index in [4.69, 9.17) is 0 Å². The van der Waals surface area contributed by atoms with Gasteiger partial charge in [0.2, 0.25) is 5.91 Å². The van der Waals surface area contributed by atoms with Gasteiger partial charge in [-0.15, -0.1) is 0 Å². The van der Waals surface area contributed by atoms with Crippen molar-refractivity contribution in [2.75, 3.05) is 7.05 Å². The van der Waals surface area contributed by atoms with Crippen LogP contribution in [0.5, 0.6) is 0 Å². The second kappa shape index (κ2) is 7.89. The van der Waals surface area contributed by atoms with Crippen molar-refractivity contribution in [3.8, 4) is 0 Å². The van der Waals surface area contributed by atoms with Gasteiger partial charge in [-0.2, -0.15) is 5.10 Å². The van der Waals surface area contributed by atoms with Gasteiger partial charge < -0.3 is 5.32 Å². The zero-order valence-corrected chi connectivity index (χ0v) is 15.8. The van der Waals surface area contributed by atoms with E-state index < -0.39 is 15.9 Å². The lowest BCUT2D eigenvalue weighted by Crippen LogP contribution is -2.32. The fourth-order valence-corrected chi connectivity index (χ4v) is 6.06. The third-order valence-corrected chi connectivity index (χ3v) is 8.01.